The Labute approximate surface area is 176 Å². The second-order valence-corrected chi connectivity index (χ2v) is 6.93. The number of esters is 1. The zero-order chi connectivity index (χ0) is 21.5. The number of nitrogens with zero attached hydrogens (tertiary/aromatic N) is 1. The Morgan fingerprint density at radius 2 is 1.80 bits per heavy atom. The van der Waals surface area contributed by atoms with Gasteiger partial charge in [-0.3, -0.25) is 0 Å². The maximum atomic E-state index is 12.0. The summed E-state index contributed by atoms with van der Waals surface area (Å²) in [6.45, 7) is 6.30. The predicted octanol–water partition coefficient (Wildman–Crippen LogP) is 4.94. The van der Waals surface area contributed by atoms with Gasteiger partial charge < -0.3 is 18.7 Å². The third-order valence-electron chi connectivity index (χ3n) is 4.65. The van der Waals surface area contributed by atoms with Gasteiger partial charge >= 0.3 is 5.97 Å². The molecule has 0 saturated heterocycles. The second-order valence-electron chi connectivity index (χ2n) is 6.93. The Kier molecular flexibility index (Phi) is 6.91. The molecule has 0 unspecified atom stereocenters. The average molecular weight is 407 g/mol. The molecule has 2 aromatic carbocycles. The zero-order valence-electron chi connectivity index (χ0n) is 17.6. The van der Waals surface area contributed by atoms with Gasteiger partial charge in [-0.2, -0.15) is 0 Å². The highest BCUT2D eigenvalue weighted by molar-refractivity contribution is 5.87. The first-order chi connectivity index (χ1) is 14.5. The molecule has 0 radical (unpaired) electrons. The number of aryl methyl sites for hydroxylation is 3. The molecule has 0 aliphatic carbocycles. The van der Waals surface area contributed by atoms with Crippen molar-refractivity contribution < 1.29 is 23.5 Å². The van der Waals surface area contributed by atoms with Crippen LogP contribution in [0.3, 0.4) is 0 Å². The summed E-state index contributed by atoms with van der Waals surface area (Å²) in [6, 6.07) is 13.3. The van der Waals surface area contributed by atoms with Gasteiger partial charge in [0.25, 0.3) is 0 Å². The highest BCUT2D eigenvalue weighted by Gasteiger charge is 2.12. The molecule has 0 aliphatic rings. The molecule has 1 aromatic heterocycles. The van der Waals surface area contributed by atoms with Crippen LogP contribution in [0.25, 0.3) is 6.08 Å². The lowest BCUT2D eigenvalue weighted by Gasteiger charge is -2.11. The first-order valence-electron chi connectivity index (χ1n) is 9.59. The van der Waals surface area contributed by atoms with E-state index < -0.39 is 5.97 Å². The molecule has 6 nitrogen and oxygen atoms in total. The summed E-state index contributed by atoms with van der Waals surface area (Å²) in [5.74, 6) is 1.48. The van der Waals surface area contributed by atoms with Gasteiger partial charge in [0.15, 0.2) is 11.5 Å². The van der Waals surface area contributed by atoms with Crippen molar-refractivity contribution in [2.75, 3.05) is 7.11 Å². The Bertz CT molecular complexity index is 1010. The minimum Gasteiger partial charge on any atom is -0.493 e. The monoisotopic (exact) mass is 407 g/mol. The summed E-state index contributed by atoms with van der Waals surface area (Å²) in [5.41, 5.74) is 4.62. The van der Waals surface area contributed by atoms with Crippen LogP contribution in [0.5, 0.6) is 11.5 Å². The van der Waals surface area contributed by atoms with Crippen LogP contribution in [0.4, 0.5) is 0 Å². The van der Waals surface area contributed by atoms with Crippen LogP contribution in [0.1, 0.15) is 33.7 Å². The number of hydrogen-bond donors (Lipinski definition) is 0. The number of hydrogen-bond acceptors (Lipinski definition) is 6. The number of ether oxygens (including phenoxy) is 3. The molecule has 156 valence electrons. The van der Waals surface area contributed by atoms with E-state index in [4.69, 9.17) is 18.7 Å². The maximum Gasteiger partial charge on any atom is 0.331 e. The van der Waals surface area contributed by atoms with E-state index in [1.165, 1.54) is 6.08 Å². The largest absolute Gasteiger partial charge is 0.493 e. The van der Waals surface area contributed by atoms with E-state index >= 15 is 0 Å². The molecule has 0 atom stereocenters. The van der Waals surface area contributed by atoms with Gasteiger partial charge in [0.2, 0.25) is 0 Å². The lowest BCUT2D eigenvalue weighted by molar-refractivity contribution is -0.138. The first kappa shape index (κ1) is 21.2. The standard InChI is InChI=1S/C24H25NO5/c1-16-5-7-20(8-6-16)14-29-24(26)12-10-19-9-11-22(23(13-19)27-4)28-15-21-17(2)25-30-18(21)3/h5-13H,14-15H2,1-4H3/b12-10+. The van der Waals surface area contributed by atoms with Crippen molar-refractivity contribution in [3.63, 3.8) is 0 Å². The van der Waals surface area contributed by atoms with Gasteiger partial charge in [-0.1, -0.05) is 41.1 Å². The van der Waals surface area contributed by atoms with Gasteiger partial charge in [0.1, 0.15) is 19.0 Å². The van der Waals surface area contributed by atoms with Crippen molar-refractivity contribution in [2.24, 2.45) is 0 Å². The molecule has 0 amide bonds. The predicted molar refractivity (Wildman–Crippen MR) is 113 cm³/mol. The van der Waals surface area contributed by atoms with Gasteiger partial charge in [-0.25, -0.2) is 4.79 Å². The molecule has 3 aromatic rings. The summed E-state index contributed by atoms with van der Waals surface area (Å²) in [5, 5.41) is 3.92. The van der Waals surface area contributed by atoms with E-state index in [-0.39, 0.29) is 6.61 Å². The zero-order valence-corrected chi connectivity index (χ0v) is 17.6. The Hall–Kier alpha value is -3.54. The maximum absolute atomic E-state index is 12.0. The number of carbonyl (C=O) groups is 1. The summed E-state index contributed by atoms with van der Waals surface area (Å²) < 4.78 is 21.7. The van der Waals surface area contributed by atoms with E-state index in [1.807, 2.05) is 51.1 Å². The lowest BCUT2D eigenvalue weighted by Crippen LogP contribution is -2.01. The van der Waals surface area contributed by atoms with E-state index in [0.29, 0.717) is 18.1 Å². The minimum absolute atomic E-state index is 0.237. The number of methoxy groups -OCH3 is 1. The van der Waals surface area contributed by atoms with Crippen LogP contribution in [0.2, 0.25) is 0 Å². The summed E-state index contributed by atoms with van der Waals surface area (Å²) in [6.07, 6.45) is 3.07. The molecule has 0 fully saturated rings. The number of rotatable bonds is 8. The van der Waals surface area contributed by atoms with Crippen LogP contribution >= 0.6 is 0 Å². The van der Waals surface area contributed by atoms with Crippen LogP contribution < -0.4 is 9.47 Å². The number of aromatic nitrogens is 1. The van der Waals surface area contributed by atoms with E-state index in [9.17, 15) is 4.79 Å². The highest BCUT2D eigenvalue weighted by atomic mass is 16.5. The molecule has 1 heterocycles. The van der Waals surface area contributed by atoms with E-state index in [0.717, 1.165) is 33.7 Å². The summed E-state index contributed by atoms with van der Waals surface area (Å²) in [7, 11) is 1.57. The van der Waals surface area contributed by atoms with Crippen molar-refractivity contribution >= 4 is 12.0 Å². The molecule has 30 heavy (non-hydrogen) atoms. The SMILES string of the molecule is COc1cc(/C=C/C(=O)OCc2ccc(C)cc2)ccc1OCc1c(C)noc1C. The van der Waals surface area contributed by atoms with Gasteiger partial charge in [-0.05, 0) is 50.1 Å². The minimum atomic E-state index is -0.409. The molecule has 0 N–H and O–H groups in total. The summed E-state index contributed by atoms with van der Waals surface area (Å²) >= 11 is 0. The quantitative estimate of drug-likeness (QED) is 0.389. The fourth-order valence-electron chi connectivity index (χ4n) is 2.82. The molecule has 0 spiro atoms. The van der Waals surface area contributed by atoms with Crippen molar-refractivity contribution in [1.82, 2.24) is 5.16 Å². The molecule has 3 rings (SSSR count). The van der Waals surface area contributed by atoms with Crippen LogP contribution in [0, 0.1) is 20.8 Å². The lowest BCUT2D eigenvalue weighted by atomic mass is 10.1. The van der Waals surface area contributed by atoms with Gasteiger partial charge in [0, 0.05) is 6.08 Å². The van der Waals surface area contributed by atoms with Crippen LogP contribution in [0.15, 0.2) is 53.1 Å². The van der Waals surface area contributed by atoms with Crippen molar-refractivity contribution in [3.8, 4) is 11.5 Å². The second kappa shape index (κ2) is 9.78. The van der Waals surface area contributed by atoms with Crippen LogP contribution in [-0.4, -0.2) is 18.2 Å². The normalized spacial score (nSPS) is 10.9. The van der Waals surface area contributed by atoms with E-state index in [1.54, 1.807) is 25.3 Å². The van der Waals surface area contributed by atoms with Crippen molar-refractivity contribution in [1.29, 1.82) is 0 Å². The molecular formula is C24H25NO5. The Balaban J connectivity index is 1.59. The van der Waals surface area contributed by atoms with Gasteiger partial charge in [0.05, 0.1) is 18.4 Å². The molecular weight excluding hydrogens is 382 g/mol. The fraction of sp³-hybridized carbons (Fsp3) is 0.250. The third kappa shape index (κ3) is 5.50. The number of carbonyl (C=O) groups excluding carboxylic acids is 1. The highest BCUT2D eigenvalue weighted by Crippen LogP contribution is 2.30. The van der Waals surface area contributed by atoms with Crippen LogP contribution in [-0.2, 0) is 22.7 Å². The van der Waals surface area contributed by atoms with Gasteiger partial charge in [-0.15, -0.1) is 0 Å². The molecule has 0 bridgehead atoms. The topological polar surface area (TPSA) is 70.8 Å². The summed E-state index contributed by atoms with van der Waals surface area (Å²) in [4.78, 5) is 12.0. The average Bonchev–Trinajstić information content (AvgIpc) is 3.07. The Morgan fingerprint density at radius 3 is 2.47 bits per heavy atom. The third-order valence-corrected chi connectivity index (χ3v) is 4.65. The number of benzene rings is 2. The fourth-order valence-corrected chi connectivity index (χ4v) is 2.82. The first-order valence-corrected chi connectivity index (χ1v) is 9.59. The molecule has 0 saturated carbocycles. The Morgan fingerprint density at radius 1 is 1.03 bits per heavy atom. The smallest absolute Gasteiger partial charge is 0.331 e. The molecule has 0 aliphatic heterocycles. The van der Waals surface area contributed by atoms with E-state index in [2.05, 4.69) is 5.16 Å². The molecule has 6 heteroatoms. The van der Waals surface area contributed by atoms with Crippen molar-refractivity contribution in [2.45, 2.75) is 34.0 Å². The van der Waals surface area contributed by atoms with Crippen molar-refractivity contribution in [3.05, 3.63) is 82.2 Å².